The van der Waals surface area contributed by atoms with E-state index in [0.717, 1.165) is 43.8 Å². The zero-order valence-electron chi connectivity index (χ0n) is 14.8. The quantitative estimate of drug-likeness (QED) is 0.718. The Bertz CT molecular complexity index is 833. The van der Waals surface area contributed by atoms with Crippen molar-refractivity contribution in [1.82, 2.24) is 15.1 Å². The summed E-state index contributed by atoms with van der Waals surface area (Å²) in [5, 5.41) is 8.07. The van der Waals surface area contributed by atoms with E-state index in [0.29, 0.717) is 28.9 Å². The molecule has 27 heavy (non-hydrogen) atoms. The van der Waals surface area contributed by atoms with Gasteiger partial charge in [-0.3, -0.25) is 4.79 Å². The number of aromatic nitrogens is 2. The molecule has 3 atom stereocenters. The fourth-order valence-electron chi connectivity index (χ4n) is 4.46. The summed E-state index contributed by atoms with van der Waals surface area (Å²) in [7, 11) is 0. The Kier molecular flexibility index (Phi) is 4.65. The van der Waals surface area contributed by atoms with Gasteiger partial charge >= 0.3 is 0 Å². The molecule has 8 heteroatoms. The Hall–Kier alpha value is -1.51. The highest BCUT2D eigenvalue weighted by Crippen LogP contribution is 2.41. The van der Waals surface area contributed by atoms with E-state index in [9.17, 15) is 4.79 Å². The highest BCUT2D eigenvalue weighted by Gasteiger charge is 2.45. The van der Waals surface area contributed by atoms with Gasteiger partial charge in [0.1, 0.15) is 10.7 Å². The van der Waals surface area contributed by atoms with Crippen molar-refractivity contribution in [2.45, 2.75) is 32.0 Å². The summed E-state index contributed by atoms with van der Waals surface area (Å²) in [6.45, 7) is 2.98. The van der Waals surface area contributed by atoms with E-state index < -0.39 is 0 Å². The van der Waals surface area contributed by atoms with Crippen LogP contribution in [0.4, 0.5) is 0 Å². The number of thiophene rings is 1. The average Bonchev–Trinajstić information content (AvgIpc) is 3.38. The summed E-state index contributed by atoms with van der Waals surface area (Å²) < 4.78 is 12.3. The number of carbonyl (C=O) groups is 1. The third-order valence-corrected chi connectivity index (χ3v) is 7.44. The molecular weight excluding hydrogens is 430 g/mol. The van der Waals surface area contributed by atoms with Crippen molar-refractivity contribution in [3.05, 3.63) is 38.1 Å². The van der Waals surface area contributed by atoms with E-state index in [-0.39, 0.29) is 12.0 Å². The molecule has 3 aliphatic rings. The number of ether oxygens (including phenoxy) is 2. The maximum Gasteiger partial charge on any atom is 0.263 e. The van der Waals surface area contributed by atoms with Gasteiger partial charge in [0, 0.05) is 36.4 Å². The Morgan fingerprint density at radius 1 is 1.30 bits per heavy atom. The molecule has 0 radical (unpaired) electrons. The Morgan fingerprint density at radius 2 is 2.22 bits per heavy atom. The molecule has 0 N–H and O–H groups in total. The average molecular weight is 450 g/mol. The normalized spacial score (nSPS) is 26.7. The van der Waals surface area contributed by atoms with Crippen LogP contribution in [0, 0.1) is 11.8 Å². The molecular formula is C19H20BrN3O3S. The molecule has 5 rings (SSSR count). The largest absolute Gasteiger partial charge is 0.473 e. The SMILES string of the molecule is O=C(c1cc2c(s1)CCOC2)N1C[C@@H]2CC[C@@H](Oc3ccc(Br)nn3)[C@@H]2C1. The molecule has 0 spiro atoms. The molecule has 2 aromatic rings. The lowest BCUT2D eigenvalue weighted by molar-refractivity contribution is 0.0765. The molecule has 142 valence electrons. The number of carbonyl (C=O) groups excluding carboxylic acids is 1. The zero-order valence-corrected chi connectivity index (χ0v) is 17.2. The van der Waals surface area contributed by atoms with E-state index in [1.807, 2.05) is 23.1 Å². The van der Waals surface area contributed by atoms with Crippen LogP contribution in [0.2, 0.25) is 0 Å². The summed E-state index contributed by atoms with van der Waals surface area (Å²) in [4.78, 5) is 17.2. The molecule has 2 aromatic heterocycles. The first-order chi connectivity index (χ1) is 13.2. The Labute approximate surface area is 170 Å². The highest BCUT2D eigenvalue weighted by molar-refractivity contribution is 9.10. The van der Waals surface area contributed by atoms with Gasteiger partial charge in [-0.05, 0) is 52.4 Å². The van der Waals surface area contributed by atoms with Gasteiger partial charge in [0.15, 0.2) is 0 Å². The predicted molar refractivity (Wildman–Crippen MR) is 104 cm³/mol. The fourth-order valence-corrected chi connectivity index (χ4v) is 5.79. The molecule has 1 amide bonds. The van der Waals surface area contributed by atoms with Crippen LogP contribution < -0.4 is 4.74 Å². The molecule has 1 aliphatic carbocycles. The van der Waals surface area contributed by atoms with Crippen LogP contribution >= 0.6 is 27.3 Å². The van der Waals surface area contributed by atoms with E-state index in [2.05, 4.69) is 26.1 Å². The smallest absolute Gasteiger partial charge is 0.263 e. The van der Waals surface area contributed by atoms with Crippen molar-refractivity contribution in [1.29, 1.82) is 0 Å². The van der Waals surface area contributed by atoms with Crippen LogP contribution in [0.1, 0.15) is 33.0 Å². The van der Waals surface area contributed by atoms with Gasteiger partial charge in [0.25, 0.3) is 5.91 Å². The van der Waals surface area contributed by atoms with Crippen molar-refractivity contribution in [2.24, 2.45) is 11.8 Å². The number of amides is 1. The molecule has 6 nitrogen and oxygen atoms in total. The second kappa shape index (κ2) is 7.14. The first kappa shape index (κ1) is 17.6. The van der Waals surface area contributed by atoms with Crippen LogP contribution in [0.3, 0.4) is 0 Å². The van der Waals surface area contributed by atoms with E-state index in [1.54, 1.807) is 11.3 Å². The summed E-state index contributed by atoms with van der Waals surface area (Å²) in [6.07, 6.45) is 3.13. The summed E-state index contributed by atoms with van der Waals surface area (Å²) in [5.74, 6) is 1.60. The number of halogens is 1. The first-order valence-electron chi connectivity index (χ1n) is 9.32. The van der Waals surface area contributed by atoms with Crippen LogP contribution in [-0.4, -0.2) is 46.8 Å². The van der Waals surface area contributed by atoms with Gasteiger partial charge in [0.05, 0.1) is 18.1 Å². The first-order valence-corrected chi connectivity index (χ1v) is 10.9. The lowest BCUT2D eigenvalue weighted by atomic mass is 9.99. The molecule has 0 unspecified atom stereocenters. The maximum atomic E-state index is 13.0. The van der Waals surface area contributed by atoms with Gasteiger partial charge in [-0.2, -0.15) is 0 Å². The second-order valence-corrected chi connectivity index (χ2v) is 9.37. The standard InChI is InChI=1S/C19H20BrN3O3S/c20-17-3-4-18(22-21-17)26-14-2-1-11-8-23(9-13(11)14)19(24)16-7-12-10-25-6-5-15(12)27-16/h3-4,7,11,13-14H,1-2,5-6,8-10H2/t11-,13+,14+/m0/s1. The Morgan fingerprint density at radius 3 is 3.04 bits per heavy atom. The minimum atomic E-state index is 0.105. The van der Waals surface area contributed by atoms with Gasteiger partial charge < -0.3 is 14.4 Å². The van der Waals surface area contributed by atoms with E-state index >= 15 is 0 Å². The molecule has 2 fully saturated rings. The summed E-state index contributed by atoms with van der Waals surface area (Å²) in [5.41, 5.74) is 1.18. The molecule has 0 bridgehead atoms. The lowest BCUT2D eigenvalue weighted by Crippen LogP contribution is -2.32. The molecule has 1 saturated heterocycles. The minimum absolute atomic E-state index is 0.105. The number of likely N-dealkylation sites (tertiary alicyclic amines) is 1. The van der Waals surface area contributed by atoms with Crippen molar-refractivity contribution in [2.75, 3.05) is 19.7 Å². The lowest BCUT2D eigenvalue weighted by Gasteiger charge is -2.21. The summed E-state index contributed by atoms with van der Waals surface area (Å²) >= 11 is 4.93. The number of nitrogens with zero attached hydrogens (tertiary/aromatic N) is 3. The third-order valence-electron chi connectivity index (χ3n) is 5.80. The van der Waals surface area contributed by atoms with E-state index in [4.69, 9.17) is 9.47 Å². The second-order valence-electron chi connectivity index (χ2n) is 7.42. The van der Waals surface area contributed by atoms with E-state index in [1.165, 1.54) is 10.4 Å². The number of fused-ring (bicyclic) bond motifs is 2. The zero-order chi connectivity index (χ0) is 18.4. The van der Waals surface area contributed by atoms with Gasteiger partial charge in [-0.15, -0.1) is 21.5 Å². The third kappa shape index (κ3) is 3.39. The highest BCUT2D eigenvalue weighted by atomic mass is 79.9. The number of rotatable bonds is 3. The summed E-state index contributed by atoms with van der Waals surface area (Å²) in [6, 6.07) is 5.70. The predicted octanol–water partition coefficient (Wildman–Crippen LogP) is 3.30. The van der Waals surface area contributed by atoms with Crippen molar-refractivity contribution in [3.63, 3.8) is 0 Å². The van der Waals surface area contributed by atoms with Gasteiger partial charge in [-0.25, -0.2) is 0 Å². The fraction of sp³-hybridized carbons (Fsp3) is 0.526. The van der Waals surface area contributed by atoms with Crippen LogP contribution in [0.25, 0.3) is 0 Å². The molecule has 1 saturated carbocycles. The van der Waals surface area contributed by atoms with Crippen LogP contribution in [-0.2, 0) is 17.8 Å². The molecule has 4 heterocycles. The van der Waals surface area contributed by atoms with Gasteiger partial charge in [0.2, 0.25) is 5.88 Å². The maximum absolute atomic E-state index is 13.0. The topological polar surface area (TPSA) is 64.5 Å². The Balaban J connectivity index is 1.27. The van der Waals surface area contributed by atoms with Crippen LogP contribution in [0.15, 0.2) is 22.8 Å². The monoisotopic (exact) mass is 449 g/mol. The molecule has 0 aromatic carbocycles. The van der Waals surface area contributed by atoms with Crippen molar-refractivity contribution < 1.29 is 14.3 Å². The number of hydrogen-bond acceptors (Lipinski definition) is 6. The number of hydrogen-bond donors (Lipinski definition) is 0. The molecule has 2 aliphatic heterocycles. The van der Waals surface area contributed by atoms with Crippen molar-refractivity contribution in [3.8, 4) is 5.88 Å². The van der Waals surface area contributed by atoms with Crippen molar-refractivity contribution >= 4 is 33.2 Å². The van der Waals surface area contributed by atoms with Crippen LogP contribution in [0.5, 0.6) is 5.88 Å². The minimum Gasteiger partial charge on any atom is -0.473 e. The van der Waals surface area contributed by atoms with Gasteiger partial charge in [-0.1, -0.05) is 0 Å².